The number of halogens is 2. The van der Waals surface area contributed by atoms with E-state index in [1.807, 2.05) is 38.1 Å². The van der Waals surface area contributed by atoms with Gasteiger partial charge in [-0.3, -0.25) is 0 Å². The highest BCUT2D eigenvalue weighted by Crippen LogP contribution is 2.20. The van der Waals surface area contributed by atoms with Gasteiger partial charge in [-0.15, -0.1) is 0 Å². The monoisotopic (exact) mass is 290 g/mol. The first-order valence-corrected chi connectivity index (χ1v) is 6.57. The van der Waals surface area contributed by atoms with E-state index < -0.39 is 5.60 Å². The van der Waals surface area contributed by atoms with Crippen LogP contribution in [0.4, 0.5) is 0 Å². The molecule has 0 radical (unpaired) electrons. The highest BCUT2D eigenvalue weighted by molar-refractivity contribution is 6.35. The fraction of sp³-hybridized carbons (Fsp3) is 0.538. The summed E-state index contributed by atoms with van der Waals surface area (Å²) in [4.78, 5) is 1.96. The van der Waals surface area contributed by atoms with Gasteiger partial charge in [0.05, 0.1) is 5.60 Å². The topological polar surface area (TPSA) is 35.5 Å². The van der Waals surface area contributed by atoms with Gasteiger partial charge < -0.3 is 15.3 Å². The molecule has 2 N–H and O–H groups in total. The fourth-order valence-electron chi connectivity index (χ4n) is 1.87. The Morgan fingerprint density at radius 3 is 2.56 bits per heavy atom. The van der Waals surface area contributed by atoms with Crippen molar-refractivity contribution in [3.63, 3.8) is 0 Å². The number of likely N-dealkylation sites (N-methyl/N-ethyl adjacent to an activating group) is 1. The number of nitrogens with one attached hydrogen (secondary N) is 1. The van der Waals surface area contributed by atoms with Crippen LogP contribution < -0.4 is 5.32 Å². The molecule has 0 aliphatic heterocycles. The third kappa shape index (κ3) is 5.55. The molecular weight excluding hydrogens is 271 g/mol. The standard InChI is InChI=1S/C13H20Cl2N2O/c1-13(18,9-17(2)3)8-16-7-10-4-5-11(14)6-12(10)15/h4-6,16,18H,7-9H2,1-3H3. The Balaban J connectivity index is 2.46. The molecule has 0 saturated carbocycles. The van der Waals surface area contributed by atoms with E-state index in [0.29, 0.717) is 29.7 Å². The van der Waals surface area contributed by atoms with Gasteiger partial charge in [0.1, 0.15) is 0 Å². The molecule has 102 valence electrons. The third-order valence-electron chi connectivity index (χ3n) is 2.49. The van der Waals surface area contributed by atoms with Crippen LogP contribution in [0.3, 0.4) is 0 Å². The van der Waals surface area contributed by atoms with Crippen molar-refractivity contribution in [1.82, 2.24) is 10.2 Å². The fourth-order valence-corrected chi connectivity index (χ4v) is 2.34. The van der Waals surface area contributed by atoms with Crippen LogP contribution >= 0.6 is 23.2 Å². The highest BCUT2D eigenvalue weighted by atomic mass is 35.5. The lowest BCUT2D eigenvalue weighted by Gasteiger charge is -2.27. The lowest BCUT2D eigenvalue weighted by atomic mass is 10.1. The van der Waals surface area contributed by atoms with Crippen LogP contribution in [-0.2, 0) is 6.54 Å². The Kier molecular flexibility index (Phi) is 5.89. The molecule has 1 aromatic carbocycles. The second-order valence-corrected chi connectivity index (χ2v) is 5.92. The predicted octanol–water partition coefficient (Wildman–Crippen LogP) is 2.40. The number of nitrogens with zero attached hydrogens (tertiary/aromatic N) is 1. The lowest BCUT2D eigenvalue weighted by Crippen LogP contribution is -2.45. The van der Waals surface area contributed by atoms with Gasteiger partial charge in [-0.05, 0) is 38.7 Å². The van der Waals surface area contributed by atoms with Crippen molar-refractivity contribution in [2.45, 2.75) is 19.1 Å². The Labute approximate surface area is 119 Å². The minimum Gasteiger partial charge on any atom is -0.388 e. The first-order chi connectivity index (χ1) is 8.30. The number of benzene rings is 1. The summed E-state index contributed by atoms with van der Waals surface area (Å²) in [5, 5.41) is 14.6. The van der Waals surface area contributed by atoms with Crippen molar-refractivity contribution in [3.8, 4) is 0 Å². The van der Waals surface area contributed by atoms with Gasteiger partial charge >= 0.3 is 0 Å². The second kappa shape index (κ2) is 6.73. The van der Waals surface area contributed by atoms with Gasteiger partial charge in [-0.25, -0.2) is 0 Å². The molecule has 0 aliphatic rings. The number of hydrogen-bond acceptors (Lipinski definition) is 3. The van der Waals surface area contributed by atoms with Crippen molar-refractivity contribution in [1.29, 1.82) is 0 Å². The molecule has 0 aromatic heterocycles. The maximum atomic E-state index is 10.1. The first-order valence-electron chi connectivity index (χ1n) is 5.82. The van der Waals surface area contributed by atoms with E-state index in [4.69, 9.17) is 23.2 Å². The molecule has 1 rings (SSSR count). The second-order valence-electron chi connectivity index (χ2n) is 5.07. The van der Waals surface area contributed by atoms with E-state index in [9.17, 15) is 5.11 Å². The summed E-state index contributed by atoms with van der Waals surface area (Å²) >= 11 is 11.9. The van der Waals surface area contributed by atoms with Gasteiger partial charge in [-0.1, -0.05) is 29.3 Å². The Morgan fingerprint density at radius 2 is 2.00 bits per heavy atom. The number of aliphatic hydroxyl groups is 1. The average molecular weight is 291 g/mol. The number of rotatable bonds is 6. The van der Waals surface area contributed by atoms with E-state index in [0.717, 1.165) is 5.56 Å². The van der Waals surface area contributed by atoms with E-state index in [2.05, 4.69) is 5.32 Å². The van der Waals surface area contributed by atoms with Crippen molar-refractivity contribution in [2.24, 2.45) is 0 Å². The molecule has 0 fully saturated rings. The van der Waals surface area contributed by atoms with Crippen LogP contribution in [0.1, 0.15) is 12.5 Å². The Bertz CT molecular complexity index is 395. The summed E-state index contributed by atoms with van der Waals surface area (Å²) in [5.74, 6) is 0. The molecule has 0 bridgehead atoms. The summed E-state index contributed by atoms with van der Waals surface area (Å²) in [7, 11) is 3.87. The lowest BCUT2D eigenvalue weighted by molar-refractivity contribution is 0.0336. The Morgan fingerprint density at radius 1 is 1.33 bits per heavy atom. The third-order valence-corrected chi connectivity index (χ3v) is 3.08. The molecule has 0 aliphatic carbocycles. The van der Waals surface area contributed by atoms with Crippen molar-refractivity contribution >= 4 is 23.2 Å². The minimum atomic E-state index is -0.762. The maximum Gasteiger partial charge on any atom is 0.0869 e. The zero-order chi connectivity index (χ0) is 13.8. The maximum absolute atomic E-state index is 10.1. The summed E-state index contributed by atoms with van der Waals surface area (Å²) in [6, 6.07) is 5.42. The van der Waals surface area contributed by atoms with Gasteiger partial charge in [-0.2, -0.15) is 0 Å². The molecule has 1 aromatic rings. The summed E-state index contributed by atoms with van der Waals surface area (Å²) < 4.78 is 0. The quantitative estimate of drug-likeness (QED) is 0.845. The summed E-state index contributed by atoms with van der Waals surface area (Å²) in [6.45, 7) is 3.53. The van der Waals surface area contributed by atoms with Crippen LogP contribution in [0.2, 0.25) is 10.0 Å². The van der Waals surface area contributed by atoms with Crippen molar-refractivity contribution in [3.05, 3.63) is 33.8 Å². The van der Waals surface area contributed by atoms with Crippen LogP contribution in [0.15, 0.2) is 18.2 Å². The Hall–Kier alpha value is -0.320. The van der Waals surface area contributed by atoms with Gasteiger partial charge in [0, 0.05) is 29.7 Å². The zero-order valence-corrected chi connectivity index (χ0v) is 12.5. The van der Waals surface area contributed by atoms with Crippen molar-refractivity contribution in [2.75, 3.05) is 27.2 Å². The zero-order valence-electron chi connectivity index (χ0n) is 11.0. The predicted molar refractivity (Wildman–Crippen MR) is 77.3 cm³/mol. The summed E-state index contributed by atoms with van der Waals surface area (Å²) in [6.07, 6.45) is 0. The highest BCUT2D eigenvalue weighted by Gasteiger charge is 2.20. The van der Waals surface area contributed by atoms with Crippen molar-refractivity contribution < 1.29 is 5.11 Å². The molecule has 0 saturated heterocycles. The molecule has 18 heavy (non-hydrogen) atoms. The van der Waals surface area contributed by atoms with E-state index in [1.165, 1.54) is 0 Å². The smallest absolute Gasteiger partial charge is 0.0869 e. The molecular formula is C13H20Cl2N2O. The van der Waals surface area contributed by atoms with Gasteiger partial charge in [0.25, 0.3) is 0 Å². The van der Waals surface area contributed by atoms with Gasteiger partial charge in [0.15, 0.2) is 0 Å². The van der Waals surface area contributed by atoms with Crippen LogP contribution in [0.25, 0.3) is 0 Å². The molecule has 0 heterocycles. The summed E-state index contributed by atoms with van der Waals surface area (Å²) in [5.41, 5.74) is 0.212. The normalized spacial score (nSPS) is 14.8. The molecule has 0 amide bonds. The number of hydrogen-bond donors (Lipinski definition) is 2. The molecule has 0 spiro atoms. The molecule has 1 unspecified atom stereocenters. The molecule has 3 nitrogen and oxygen atoms in total. The minimum absolute atomic E-state index is 0.504. The first kappa shape index (κ1) is 15.7. The SMILES string of the molecule is CN(C)CC(C)(O)CNCc1ccc(Cl)cc1Cl. The van der Waals surface area contributed by atoms with E-state index in [-0.39, 0.29) is 0 Å². The largest absolute Gasteiger partial charge is 0.388 e. The van der Waals surface area contributed by atoms with E-state index in [1.54, 1.807) is 6.07 Å². The van der Waals surface area contributed by atoms with Crippen LogP contribution in [0, 0.1) is 0 Å². The van der Waals surface area contributed by atoms with Crippen LogP contribution in [0.5, 0.6) is 0 Å². The van der Waals surface area contributed by atoms with Gasteiger partial charge in [0.2, 0.25) is 0 Å². The molecule has 5 heteroatoms. The van der Waals surface area contributed by atoms with Crippen LogP contribution in [-0.4, -0.2) is 42.8 Å². The molecule has 1 atom stereocenters. The average Bonchev–Trinajstić information content (AvgIpc) is 2.19. The van der Waals surface area contributed by atoms with E-state index >= 15 is 0 Å².